The topological polar surface area (TPSA) is 91.3 Å². The fourth-order valence-electron chi connectivity index (χ4n) is 4.28. The van der Waals surface area contributed by atoms with Crippen LogP contribution in [-0.2, 0) is 10.1 Å². The minimum atomic E-state index is -4.55. The van der Waals surface area contributed by atoms with E-state index >= 15 is 0 Å². The average molecular weight is 539 g/mol. The third kappa shape index (κ3) is 5.14. The Labute approximate surface area is 218 Å². The highest BCUT2D eigenvalue weighted by Crippen LogP contribution is 2.47. The van der Waals surface area contributed by atoms with Crippen LogP contribution in [0.4, 0.5) is 0 Å². The maximum absolute atomic E-state index is 12.5. The normalized spacial score (nSPS) is 12.0. The zero-order valence-electron chi connectivity index (χ0n) is 20.8. The van der Waals surface area contributed by atoms with Gasteiger partial charge in [-0.3, -0.25) is 4.55 Å². The molecule has 37 heavy (non-hydrogen) atoms. The van der Waals surface area contributed by atoms with Crippen LogP contribution < -0.4 is 34.9 Å². The molecule has 9 heteroatoms. The molecule has 1 N–H and O–H groups in total. The zero-order chi connectivity index (χ0) is 26.6. The summed E-state index contributed by atoms with van der Waals surface area (Å²) in [7, 11) is 0.0549. The third-order valence-electron chi connectivity index (χ3n) is 5.85. The first-order valence-electron chi connectivity index (χ1n) is 11.2. The van der Waals surface area contributed by atoms with Crippen molar-refractivity contribution in [1.82, 2.24) is 0 Å². The number of hydrogen-bond donors (Lipinski definition) is 1. The van der Waals surface area contributed by atoms with Crippen molar-refractivity contribution in [3.8, 4) is 34.1 Å². The first-order valence-corrected chi connectivity index (χ1v) is 14.0. The summed E-state index contributed by atoms with van der Waals surface area (Å²) in [6.07, 6.45) is 0. The second kappa shape index (κ2) is 11.2. The van der Waals surface area contributed by atoms with Crippen molar-refractivity contribution < 1.29 is 31.9 Å². The molecule has 0 amide bonds. The lowest BCUT2D eigenvalue weighted by molar-refractivity contribution is 0.397. The predicted octanol–water partition coefficient (Wildman–Crippen LogP) is 4.39. The highest BCUT2D eigenvalue weighted by molar-refractivity contribution is 7.88. The molecule has 4 aromatic carbocycles. The Kier molecular flexibility index (Phi) is 8.03. The summed E-state index contributed by atoms with van der Waals surface area (Å²) in [5, 5.41) is 1.88. The number of benzene rings is 4. The van der Waals surface area contributed by atoms with Crippen LogP contribution in [0, 0.1) is 0 Å². The van der Waals surface area contributed by atoms with Crippen LogP contribution in [0.25, 0.3) is 11.1 Å². The van der Waals surface area contributed by atoms with Crippen molar-refractivity contribution in [1.29, 1.82) is 0 Å². The van der Waals surface area contributed by atoms with E-state index in [0.29, 0.717) is 39.2 Å². The van der Waals surface area contributed by atoms with Crippen molar-refractivity contribution in [2.45, 2.75) is 4.90 Å². The molecule has 0 aliphatic carbocycles. The first-order chi connectivity index (χ1) is 17.8. The SMILES string of the molecule is COc1cccc(OC)c1-c1ccccc1P(c1ccccc1S(=O)(=O)O)c1c(OC)cccc1OC. The molecular formula is C28H27O7PS. The number of rotatable bonds is 9. The van der Waals surface area contributed by atoms with Crippen LogP contribution in [0.2, 0.25) is 0 Å². The summed E-state index contributed by atoms with van der Waals surface area (Å²) in [5.41, 5.74) is 1.50. The van der Waals surface area contributed by atoms with Crippen LogP contribution in [0.1, 0.15) is 0 Å². The van der Waals surface area contributed by atoms with Crippen LogP contribution >= 0.6 is 7.92 Å². The van der Waals surface area contributed by atoms with Crippen LogP contribution in [-0.4, -0.2) is 41.4 Å². The number of methoxy groups -OCH3 is 4. The van der Waals surface area contributed by atoms with E-state index < -0.39 is 18.0 Å². The van der Waals surface area contributed by atoms with Gasteiger partial charge in [0.2, 0.25) is 0 Å². The summed E-state index contributed by atoms with van der Waals surface area (Å²) >= 11 is 0. The molecule has 1 unspecified atom stereocenters. The van der Waals surface area contributed by atoms with Crippen molar-refractivity contribution in [2.24, 2.45) is 0 Å². The molecular weight excluding hydrogens is 511 g/mol. The monoisotopic (exact) mass is 538 g/mol. The van der Waals surface area contributed by atoms with Crippen molar-refractivity contribution in [3.63, 3.8) is 0 Å². The molecule has 0 fully saturated rings. The molecule has 4 aromatic rings. The standard InChI is InChI=1S/C28H27O7PS/c1-32-20-12-9-13-21(33-2)27(20)19-11-5-6-16-24(19)36(25-17-7-8-18-26(25)37(29,30)31)28-22(34-3)14-10-15-23(28)35-4/h5-18H,1-4H3,(H,29,30,31). The molecule has 1 atom stereocenters. The second-order valence-corrected chi connectivity index (χ2v) is 11.3. The van der Waals surface area contributed by atoms with Gasteiger partial charge in [-0.25, -0.2) is 0 Å². The molecule has 0 heterocycles. The van der Waals surface area contributed by atoms with E-state index in [2.05, 4.69) is 0 Å². The molecule has 0 saturated heterocycles. The molecule has 0 bridgehead atoms. The van der Waals surface area contributed by atoms with E-state index in [1.807, 2.05) is 42.5 Å². The Balaban J connectivity index is 2.17. The highest BCUT2D eigenvalue weighted by Gasteiger charge is 2.32. The van der Waals surface area contributed by atoms with Crippen LogP contribution in [0.5, 0.6) is 23.0 Å². The van der Waals surface area contributed by atoms with Crippen molar-refractivity contribution in [2.75, 3.05) is 28.4 Å². The van der Waals surface area contributed by atoms with E-state index in [4.69, 9.17) is 18.9 Å². The van der Waals surface area contributed by atoms with Gasteiger partial charge in [0.25, 0.3) is 10.1 Å². The van der Waals surface area contributed by atoms with E-state index in [9.17, 15) is 13.0 Å². The average Bonchev–Trinajstić information content (AvgIpc) is 2.92. The lowest BCUT2D eigenvalue weighted by atomic mass is 10.0. The number of ether oxygens (including phenoxy) is 4. The number of hydrogen-bond acceptors (Lipinski definition) is 6. The third-order valence-corrected chi connectivity index (χ3v) is 9.55. The lowest BCUT2D eigenvalue weighted by Crippen LogP contribution is -2.27. The zero-order valence-corrected chi connectivity index (χ0v) is 22.5. The molecule has 0 saturated carbocycles. The minimum Gasteiger partial charge on any atom is -0.496 e. The Morgan fingerprint density at radius 1 is 0.595 bits per heavy atom. The van der Waals surface area contributed by atoms with Gasteiger partial charge < -0.3 is 18.9 Å². The minimum absolute atomic E-state index is 0.184. The Morgan fingerprint density at radius 2 is 1.05 bits per heavy atom. The molecule has 0 radical (unpaired) electrons. The largest absolute Gasteiger partial charge is 0.496 e. The summed E-state index contributed by atoms with van der Waals surface area (Å²) in [6, 6.07) is 25.0. The van der Waals surface area contributed by atoms with Crippen molar-refractivity contribution >= 4 is 34.0 Å². The molecule has 4 rings (SSSR count). The van der Waals surface area contributed by atoms with E-state index in [1.165, 1.54) is 6.07 Å². The van der Waals surface area contributed by atoms with Gasteiger partial charge in [0.1, 0.15) is 27.9 Å². The second-order valence-electron chi connectivity index (χ2n) is 7.84. The van der Waals surface area contributed by atoms with E-state index in [0.717, 1.165) is 10.9 Å². The van der Waals surface area contributed by atoms with Gasteiger partial charge in [0, 0.05) is 5.30 Å². The van der Waals surface area contributed by atoms with Gasteiger partial charge in [-0.15, -0.1) is 0 Å². The fraction of sp³-hybridized carbons (Fsp3) is 0.143. The highest BCUT2D eigenvalue weighted by atomic mass is 32.2. The predicted molar refractivity (Wildman–Crippen MR) is 147 cm³/mol. The Hall–Kier alpha value is -3.58. The molecule has 0 aliphatic rings. The maximum atomic E-state index is 12.5. The van der Waals surface area contributed by atoms with Gasteiger partial charge in [-0.2, -0.15) is 8.42 Å². The molecule has 7 nitrogen and oxygen atoms in total. The summed E-state index contributed by atoms with van der Waals surface area (Å²) in [5.74, 6) is 2.24. The molecule has 0 aliphatic heterocycles. The lowest BCUT2D eigenvalue weighted by Gasteiger charge is -2.27. The quantitative estimate of drug-likeness (QED) is 0.250. The fourth-order valence-corrected chi connectivity index (χ4v) is 8.19. The molecule has 0 aromatic heterocycles. The summed E-state index contributed by atoms with van der Waals surface area (Å²) < 4.78 is 58.2. The summed E-state index contributed by atoms with van der Waals surface area (Å²) in [6.45, 7) is 0. The van der Waals surface area contributed by atoms with Gasteiger partial charge in [0.15, 0.2) is 0 Å². The van der Waals surface area contributed by atoms with E-state index in [-0.39, 0.29) is 4.90 Å². The maximum Gasteiger partial charge on any atom is 0.295 e. The Bertz CT molecular complexity index is 1470. The van der Waals surface area contributed by atoms with Gasteiger partial charge in [-0.05, 0) is 49.1 Å². The van der Waals surface area contributed by atoms with Crippen LogP contribution in [0.3, 0.4) is 0 Å². The van der Waals surface area contributed by atoms with Crippen LogP contribution in [0.15, 0.2) is 89.8 Å². The van der Waals surface area contributed by atoms with Gasteiger partial charge in [0.05, 0.1) is 39.3 Å². The summed E-state index contributed by atoms with van der Waals surface area (Å²) in [4.78, 5) is -0.184. The van der Waals surface area contributed by atoms with Gasteiger partial charge in [-0.1, -0.05) is 54.6 Å². The smallest absolute Gasteiger partial charge is 0.295 e. The first kappa shape index (κ1) is 26.5. The van der Waals surface area contributed by atoms with E-state index in [1.54, 1.807) is 64.8 Å². The molecule has 0 spiro atoms. The van der Waals surface area contributed by atoms with Crippen molar-refractivity contribution in [3.05, 3.63) is 84.9 Å². The Morgan fingerprint density at radius 3 is 1.57 bits per heavy atom. The van der Waals surface area contributed by atoms with Gasteiger partial charge >= 0.3 is 0 Å². The molecule has 192 valence electrons.